The van der Waals surface area contributed by atoms with Gasteiger partial charge in [0.2, 0.25) is 0 Å². The summed E-state index contributed by atoms with van der Waals surface area (Å²) < 4.78 is 0. The Labute approximate surface area is 139 Å². The van der Waals surface area contributed by atoms with Crippen molar-refractivity contribution in [3.8, 4) is 0 Å². The van der Waals surface area contributed by atoms with Gasteiger partial charge in [0, 0.05) is 19.6 Å². The molecule has 0 fully saturated rings. The number of aryl methyl sites for hydroxylation is 1. The first-order chi connectivity index (χ1) is 9.65. The second-order valence-electron chi connectivity index (χ2n) is 4.95. The molecule has 0 saturated heterocycles. The molecule has 112 valence electrons. The fourth-order valence-corrected chi connectivity index (χ4v) is 3.50. The largest absolute Gasteiger partial charge is 0.347 e. The molecule has 2 heterocycles. The van der Waals surface area contributed by atoms with Gasteiger partial charge >= 0.3 is 0 Å². The van der Waals surface area contributed by atoms with E-state index in [0.29, 0.717) is 16.4 Å². The fourth-order valence-electron chi connectivity index (χ4n) is 2.30. The normalized spacial score (nSPS) is 12.7. The Balaban J connectivity index is 0.00000161. The lowest BCUT2D eigenvalue weighted by molar-refractivity contribution is 0.0955. The first-order valence-electron chi connectivity index (χ1n) is 6.48. The molecule has 0 aliphatic carbocycles. The molecule has 1 amide bonds. The molecule has 2 aromatic rings. The number of carbonyl (C=O) groups excluding carboxylic acids is 1. The summed E-state index contributed by atoms with van der Waals surface area (Å²) in [7, 11) is 0. The number of carbonyl (C=O) groups is 1. The number of nitrogens with one attached hydrogen (secondary N) is 2. The van der Waals surface area contributed by atoms with Crippen LogP contribution in [0.3, 0.4) is 0 Å². The number of benzene rings is 1. The summed E-state index contributed by atoms with van der Waals surface area (Å²) >= 11 is 7.49. The smallest absolute Gasteiger partial charge is 0.263 e. The van der Waals surface area contributed by atoms with E-state index in [1.54, 1.807) is 0 Å². The van der Waals surface area contributed by atoms with Crippen molar-refractivity contribution in [2.45, 2.75) is 26.6 Å². The van der Waals surface area contributed by atoms with Crippen LogP contribution in [0, 0.1) is 6.92 Å². The zero-order valence-electron chi connectivity index (χ0n) is 11.5. The van der Waals surface area contributed by atoms with Crippen LogP contribution in [0.25, 0.3) is 0 Å². The lowest BCUT2D eigenvalue weighted by Gasteiger charge is -2.06. The Morgan fingerprint density at radius 1 is 1.38 bits per heavy atom. The van der Waals surface area contributed by atoms with E-state index in [0.717, 1.165) is 24.2 Å². The van der Waals surface area contributed by atoms with Crippen molar-refractivity contribution in [2.75, 3.05) is 0 Å². The number of hydrogen-bond donors (Lipinski definition) is 2. The van der Waals surface area contributed by atoms with Crippen molar-refractivity contribution in [1.29, 1.82) is 0 Å². The van der Waals surface area contributed by atoms with Gasteiger partial charge in [0.05, 0.1) is 5.02 Å². The molecule has 1 aliphatic rings. The van der Waals surface area contributed by atoms with Crippen LogP contribution in [0.2, 0.25) is 5.02 Å². The van der Waals surface area contributed by atoms with Crippen LogP contribution in [0.1, 0.15) is 31.9 Å². The van der Waals surface area contributed by atoms with Crippen LogP contribution in [0.5, 0.6) is 0 Å². The highest BCUT2D eigenvalue weighted by Crippen LogP contribution is 2.27. The fraction of sp³-hybridized carbons (Fsp3) is 0.267. The van der Waals surface area contributed by atoms with E-state index in [-0.39, 0.29) is 18.3 Å². The highest BCUT2D eigenvalue weighted by Gasteiger charge is 2.15. The van der Waals surface area contributed by atoms with Gasteiger partial charge in [-0.3, -0.25) is 4.79 Å². The Hall–Kier alpha value is -1.07. The minimum absolute atomic E-state index is 0. The zero-order chi connectivity index (χ0) is 14.1. The average Bonchev–Trinajstić information content (AvgIpc) is 3.03. The highest BCUT2D eigenvalue weighted by molar-refractivity contribution is 7.13. The van der Waals surface area contributed by atoms with Crippen molar-refractivity contribution in [1.82, 2.24) is 10.6 Å². The van der Waals surface area contributed by atoms with E-state index < -0.39 is 0 Å². The van der Waals surface area contributed by atoms with Gasteiger partial charge in [-0.05, 0) is 34.6 Å². The molecule has 6 heteroatoms. The Bertz CT molecular complexity index is 670. The third kappa shape index (κ3) is 3.40. The molecular formula is C15H16Cl2N2OS. The molecule has 0 unspecified atom stereocenters. The predicted molar refractivity (Wildman–Crippen MR) is 89.5 cm³/mol. The monoisotopic (exact) mass is 342 g/mol. The molecule has 3 rings (SSSR count). The number of hydrogen-bond acceptors (Lipinski definition) is 3. The second kappa shape index (κ2) is 6.79. The maximum atomic E-state index is 12.1. The number of halogens is 2. The summed E-state index contributed by atoms with van der Waals surface area (Å²) in [5.74, 6) is -0.105. The van der Waals surface area contributed by atoms with Gasteiger partial charge in [0.25, 0.3) is 5.91 Å². The van der Waals surface area contributed by atoms with Crippen LogP contribution in [-0.2, 0) is 19.6 Å². The maximum absolute atomic E-state index is 12.1. The van der Waals surface area contributed by atoms with Crippen LogP contribution in [0.4, 0.5) is 0 Å². The number of rotatable bonds is 3. The average molecular weight is 343 g/mol. The van der Waals surface area contributed by atoms with Gasteiger partial charge in [0.1, 0.15) is 4.88 Å². The second-order valence-corrected chi connectivity index (χ2v) is 6.21. The maximum Gasteiger partial charge on any atom is 0.263 e. The molecule has 2 N–H and O–H groups in total. The molecule has 21 heavy (non-hydrogen) atoms. The van der Waals surface area contributed by atoms with Gasteiger partial charge in [-0.2, -0.15) is 0 Å². The van der Waals surface area contributed by atoms with Gasteiger partial charge in [-0.15, -0.1) is 23.7 Å². The van der Waals surface area contributed by atoms with Crippen molar-refractivity contribution < 1.29 is 4.79 Å². The Morgan fingerprint density at radius 3 is 2.86 bits per heavy atom. The van der Waals surface area contributed by atoms with Gasteiger partial charge in [-0.1, -0.05) is 29.8 Å². The standard InChI is InChI=1S/C15H15ClN2OS.ClH/c1-9-8-20-14(13(9)16)15(19)18-5-10-2-3-11-6-17-7-12(11)4-10;/h2-4,8,17H,5-7H2,1H3,(H,18,19);1H. The minimum Gasteiger partial charge on any atom is -0.347 e. The lowest BCUT2D eigenvalue weighted by atomic mass is 10.1. The number of fused-ring (bicyclic) bond motifs is 1. The van der Waals surface area contributed by atoms with Crippen LogP contribution in [0.15, 0.2) is 23.6 Å². The topological polar surface area (TPSA) is 41.1 Å². The molecule has 0 saturated carbocycles. The molecule has 1 aliphatic heterocycles. The highest BCUT2D eigenvalue weighted by atomic mass is 35.5. The molecular weight excluding hydrogens is 327 g/mol. The van der Waals surface area contributed by atoms with Crippen molar-refractivity contribution in [3.63, 3.8) is 0 Å². The molecule has 3 nitrogen and oxygen atoms in total. The van der Waals surface area contributed by atoms with Crippen LogP contribution in [-0.4, -0.2) is 5.91 Å². The summed E-state index contributed by atoms with van der Waals surface area (Å²) in [6.07, 6.45) is 0. The minimum atomic E-state index is -0.105. The van der Waals surface area contributed by atoms with Crippen LogP contribution < -0.4 is 10.6 Å². The molecule has 0 atom stereocenters. The molecule has 0 bridgehead atoms. The SMILES string of the molecule is Cc1csc(C(=O)NCc2ccc3c(c2)CNC3)c1Cl.Cl. The van der Waals surface area contributed by atoms with E-state index in [9.17, 15) is 4.79 Å². The van der Waals surface area contributed by atoms with Gasteiger partial charge < -0.3 is 10.6 Å². The quantitative estimate of drug-likeness (QED) is 0.893. The summed E-state index contributed by atoms with van der Waals surface area (Å²) in [5.41, 5.74) is 4.73. The summed E-state index contributed by atoms with van der Waals surface area (Å²) in [6.45, 7) is 4.28. The molecule has 1 aromatic carbocycles. The van der Waals surface area contributed by atoms with E-state index in [1.165, 1.54) is 22.5 Å². The Morgan fingerprint density at radius 2 is 2.14 bits per heavy atom. The molecule has 0 radical (unpaired) electrons. The van der Waals surface area contributed by atoms with E-state index in [2.05, 4.69) is 28.8 Å². The third-order valence-corrected chi connectivity index (χ3v) is 5.16. The van der Waals surface area contributed by atoms with Crippen LogP contribution >= 0.6 is 35.3 Å². The number of thiophene rings is 1. The van der Waals surface area contributed by atoms with Crippen molar-refractivity contribution in [2.24, 2.45) is 0 Å². The van der Waals surface area contributed by atoms with Crippen molar-refractivity contribution >= 4 is 41.3 Å². The Kier molecular flexibility index (Phi) is 5.27. The van der Waals surface area contributed by atoms with Crippen molar-refractivity contribution in [3.05, 3.63) is 55.7 Å². The van der Waals surface area contributed by atoms with E-state index in [1.807, 2.05) is 12.3 Å². The predicted octanol–water partition coefficient (Wildman–Crippen LogP) is 3.66. The van der Waals surface area contributed by atoms with E-state index >= 15 is 0 Å². The third-order valence-electron chi connectivity index (χ3n) is 3.46. The molecule has 0 spiro atoms. The summed E-state index contributed by atoms with van der Waals surface area (Å²) in [6, 6.07) is 6.34. The van der Waals surface area contributed by atoms with E-state index in [4.69, 9.17) is 11.6 Å². The lowest BCUT2D eigenvalue weighted by Crippen LogP contribution is -2.22. The summed E-state index contributed by atoms with van der Waals surface area (Å²) in [5, 5.41) is 8.70. The zero-order valence-corrected chi connectivity index (χ0v) is 13.9. The summed E-state index contributed by atoms with van der Waals surface area (Å²) in [4.78, 5) is 12.7. The van der Waals surface area contributed by atoms with Gasteiger partial charge in [0.15, 0.2) is 0 Å². The molecule has 1 aromatic heterocycles. The number of amides is 1. The first-order valence-corrected chi connectivity index (χ1v) is 7.74. The van der Waals surface area contributed by atoms with Gasteiger partial charge in [-0.25, -0.2) is 0 Å². The first kappa shape index (κ1) is 16.3.